The molecule has 35 nitrogen and oxygen atoms in total. The predicted molar refractivity (Wildman–Crippen MR) is 300 cm³/mol. The molecular weight excluding hydrogens is 1240 g/mol. The minimum Gasteiger partial charge on any atom is -0.481 e. The summed E-state index contributed by atoms with van der Waals surface area (Å²) in [5.74, 6) is -6.89. The molecule has 0 bridgehead atoms. The molecule has 0 aromatic rings. The number of aliphatic hydroxyl groups excluding tert-OH is 1. The van der Waals surface area contributed by atoms with Crippen LogP contribution in [0.4, 0.5) is 0 Å². The highest BCUT2D eigenvalue weighted by molar-refractivity contribution is 7.85. The summed E-state index contributed by atoms with van der Waals surface area (Å²) >= 11 is 0. The average Bonchev–Trinajstić information content (AvgIpc) is 3.20. The highest BCUT2D eigenvalue weighted by Crippen LogP contribution is 2.23. The SMILES string of the molecule is CCCN1CC(C(=O)OC)CC1=O.COC(=O)C1CC(=O)N(CCC(=O)O)C1.COC(=O)C1CC(=O)N(CCCO)C1.COC(=O)C1CC(=O)N(CCOS(=O)(=O)O)C1.COC(=O)C1CC(=O)N(CCS(=O)(=O)O)C1.COCCN1CC(C(=O)OC)CC1=O. The quantitative estimate of drug-likeness (QED) is 0.0417. The van der Waals surface area contributed by atoms with Crippen molar-refractivity contribution in [3.63, 3.8) is 0 Å². The van der Waals surface area contributed by atoms with Gasteiger partial charge in [0.2, 0.25) is 35.4 Å². The maximum absolute atomic E-state index is 11.4. The lowest BCUT2D eigenvalue weighted by Gasteiger charge is -2.15. The third-order valence-corrected chi connectivity index (χ3v) is 15.1. The van der Waals surface area contributed by atoms with Crippen LogP contribution >= 0.6 is 0 Å². The second kappa shape index (κ2) is 40.4. The van der Waals surface area contributed by atoms with Crippen molar-refractivity contribution in [3.05, 3.63) is 0 Å². The molecule has 0 saturated carbocycles. The van der Waals surface area contributed by atoms with Gasteiger partial charge in [0.15, 0.2) is 0 Å². The molecule has 4 N–H and O–H groups in total. The zero-order valence-electron chi connectivity index (χ0n) is 51.1. The van der Waals surface area contributed by atoms with Gasteiger partial charge in [-0.05, 0) is 12.8 Å². The molecule has 0 aromatic heterocycles. The Bertz CT molecular complexity index is 2610. The second-order valence-electron chi connectivity index (χ2n) is 20.3. The lowest BCUT2D eigenvalue weighted by atomic mass is 10.1. The Kier molecular flexibility index (Phi) is 36.3. The molecule has 6 unspecified atom stereocenters. The first-order chi connectivity index (χ1) is 41.8. The Morgan fingerprint density at radius 1 is 0.427 bits per heavy atom. The molecular formula is C52H84N6O29S2. The van der Waals surface area contributed by atoms with Crippen molar-refractivity contribution in [2.24, 2.45) is 35.5 Å². The van der Waals surface area contributed by atoms with Crippen molar-refractivity contribution in [2.45, 2.75) is 64.7 Å². The van der Waals surface area contributed by atoms with Crippen LogP contribution in [-0.2, 0) is 120 Å². The molecule has 508 valence electrons. The number of nitrogens with zero attached hydrogens (tertiary/aromatic N) is 6. The number of aliphatic carboxylic acids is 1. The standard InChI is InChI=1S/C9H13NO5.2C9H15NO4.C9H15NO3.C8H13NO7S.C8H13NO6S/c1-15-9(14)6-4-7(11)10(5-6)3-2-8(12)13;1-13-4-3-10-6-7(5-8(10)11)9(12)14-2;1-14-9(13)7-5-8(12)10(6-7)3-2-4-11;1-3-4-10-6-7(5-8(10)11)9(12)13-2;1-15-8(11)6-4-7(10)9(5-6)2-3-16-17(12,13)14;1-15-8(11)6-4-7(10)9(5-6)2-3-16(12,13)14/h6H,2-5H2,1H3,(H,12,13);7H,3-6H2,1-2H3;7,11H,2-6H2,1H3;7H,3-6H2,1-2H3;6H,2-5H2,1H3,(H,12,13,14);6H,2-5H2,1H3,(H,12,13,14). The highest BCUT2D eigenvalue weighted by Gasteiger charge is 2.39. The minimum absolute atomic E-state index is 0.00236. The zero-order valence-corrected chi connectivity index (χ0v) is 52.8. The topological polar surface area (TPSA) is 464 Å². The van der Waals surface area contributed by atoms with E-state index in [-0.39, 0.29) is 162 Å². The maximum Gasteiger partial charge on any atom is 0.397 e. The van der Waals surface area contributed by atoms with Gasteiger partial charge in [0, 0.05) is 131 Å². The van der Waals surface area contributed by atoms with E-state index in [9.17, 15) is 79.2 Å². The molecule has 6 saturated heterocycles. The number of carboxylic acids is 1. The van der Waals surface area contributed by atoms with Gasteiger partial charge in [-0.2, -0.15) is 16.8 Å². The smallest absolute Gasteiger partial charge is 0.397 e. The van der Waals surface area contributed by atoms with E-state index in [0.29, 0.717) is 52.2 Å². The van der Waals surface area contributed by atoms with E-state index in [1.54, 1.807) is 21.8 Å². The zero-order chi connectivity index (χ0) is 67.8. The van der Waals surface area contributed by atoms with Gasteiger partial charge in [0.25, 0.3) is 10.1 Å². The van der Waals surface area contributed by atoms with Gasteiger partial charge in [-0.3, -0.25) is 71.4 Å². The van der Waals surface area contributed by atoms with Crippen molar-refractivity contribution in [1.82, 2.24) is 29.4 Å². The number of hydrogen-bond donors (Lipinski definition) is 4. The molecule has 89 heavy (non-hydrogen) atoms. The van der Waals surface area contributed by atoms with E-state index in [0.717, 1.165) is 13.0 Å². The average molecular weight is 1320 g/mol. The van der Waals surface area contributed by atoms with Crippen molar-refractivity contribution in [3.8, 4) is 0 Å². The number of methoxy groups -OCH3 is 7. The van der Waals surface area contributed by atoms with Crippen LogP contribution in [-0.4, -0.2) is 297 Å². The summed E-state index contributed by atoms with van der Waals surface area (Å²) in [6.45, 7) is 6.04. The number of rotatable bonds is 24. The van der Waals surface area contributed by atoms with Gasteiger partial charge in [-0.15, -0.1) is 0 Å². The summed E-state index contributed by atoms with van der Waals surface area (Å²) in [7, 11) is 0.746. The Hall–Kier alpha value is -7.19. The Balaban J connectivity index is 0.000000535. The highest BCUT2D eigenvalue weighted by atomic mass is 32.3. The maximum atomic E-state index is 11.4. The lowest BCUT2D eigenvalue weighted by molar-refractivity contribution is -0.146. The monoisotopic (exact) mass is 1320 g/mol. The molecule has 6 rings (SSSR count). The first kappa shape index (κ1) is 79.8. The van der Waals surface area contributed by atoms with Crippen LogP contribution < -0.4 is 0 Å². The van der Waals surface area contributed by atoms with E-state index in [1.807, 2.05) is 6.92 Å². The third-order valence-electron chi connectivity index (χ3n) is 13.9. The number of ether oxygens (including phenoxy) is 7. The summed E-state index contributed by atoms with van der Waals surface area (Å²) in [4.78, 5) is 154. The molecule has 0 spiro atoms. The first-order valence-corrected chi connectivity index (χ1v) is 30.8. The summed E-state index contributed by atoms with van der Waals surface area (Å²) < 4.78 is 94.5. The van der Waals surface area contributed by atoms with Gasteiger partial charge in [0.05, 0.1) is 104 Å². The fraction of sp³-hybridized carbons (Fsp3) is 0.750. The molecule has 6 aliphatic rings. The van der Waals surface area contributed by atoms with Crippen LogP contribution in [0.5, 0.6) is 0 Å². The molecule has 6 heterocycles. The van der Waals surface area contributed by atoms with Crippen LogP contribution in [0.2, 0.25) is 0 Å². The third kappa shape index (κ3) is 29.8. The molecule has 0 radical (unpaired) electrons. The van der Waals surface area contributed by atoms with Gasteiger partial charge >= 0.3 is 52.2 Å². The van der Waals surface area contributed by atoms with E-state index in [2.05, 4.69) is 32.6 Å². The van der Waals surface area contributed by atoms with E-state index in [4.69, 9.17) is 24.1 Å². The fourth-order valence-corrected chi connectivity index (χ4v) is 10.1. The number of esters is 6. The minimum atomic E-state index is -4.50. The van der Waals surface area contributed by atoms with Crippen LogP contribution in [0.25, 0.3) is 0 Å². The Morgan fingerprint density at radius 3 is 0.944 bits per heavy atom. The van der Waals surface area contributed by atoms with Crippen LogP contribution in [0.1, 0.15) is 64.7 Å². The van der Waals surface area contributed by atoms with Crippen molar-refractivity contribution in [2.75, 3.05) is 154 Å². The fourth-order valence-electron chi connectivity index (χ4n) is 9.32. The van der Waals surface area contributed by atoms with Crippen molar-refractivity contribution in [1.29, 1.82) is 0 Å². The molecule has 6 amide bonds. The molecule has 6 fully saturated rings. The number of carbonyl (C=O) groups is 13. The number of likely N-dealkylation sites (tertiary alicyclic amines) is 6. The van der Waals surface area contributed by atoms with Gasteiger partial charge in [-0.25, -0.2) is 4.18 Å². The Morgan fingerprint density at radius 2 is 0.697 bits per heavy atom. The number of carboxylic acid groups (broad SMARTS) is 1. The van der Waals surface area contributed by atoms with Crippen LogP contribution in [0.15, 0.2) is 0 Å². The molecule has 37 heteroatoms. The largest absolute Gasteiger partial charge is 0.481 e. The number of aliphatic hydroxyl groups is 1. The van der Waals surface area contributed by atoms with Crippen molar-refractivity contribution < 1.29 is 136 Å². The van der Waals surface area contributed by atoms with E-state index >= 15 is 0 Å². The molecule has 6 atom stereocenters. The van der Waals surface area contributed by atoms with Gasteiger partial charge < -0.3 is 72.8 Å². The van der Waals surface area contributed by atoms with E-state index < -0.39 is 67.9 Å². The summed E-state index contributed by atoms with van der Waals surface area (Å²) in [5, 5.41) is 17.1. The van der Waals surface area contributed by atoms with Gasteiger partial charge in [0.1, 0.15) is 0 Å². The molecule has 0 aromatic carbocycles. The number of carbonyl (C=O) groups excluding carboxylic acids is 12. The summed E-state index contributed by atoms with van der Waals surface area (Å²) in [5.41, 5.74) is 0. The Labute approximate surface area is 515 Å². The predicted octanol–water partition coefficient (Wildman–Crippen LogP) is -3.33. The summed E-state index contributed by atoms with van der Waals surface area (Å²) in [6, 6.07) is 0. The normalized spacial score (nSPS) is 21.2. The summed E-state index contributed by atoms with van der Waals surface area (Å²) in [6.07, 6.45) is 2.38. The lowest BCUT2D eigenvalue weighted by Crippen LogP contribution is -2.31. The van der Waals surface area contributed by atoms with E-state index in [1.165, 1.54) is 57.4 Å². The van der Waals surface area contributed by atoms with Gasteiger partial charge in [-0.1, -0.05) is 6.92 Å². The number of amides is 6. The van der Waals surface area contributed by atoms with Crippen LogP contribution in [0, 0.1) is 35.5 Å². The number of hydrogen-bond acceptors (Lipinski definition) is 26. The van der Waals surface area contributed by atoms with Crippen molar-refractivity contribution >= 4 is 97.7 Å². The second-order valence-corrected chi connectivity index (χ2v) is 23.0. The first-order valence-electron chi connectivity index (χ1n) is 27.8. The van der Waals surface area contributed by atoms with Crippen LogP contribution in [0.3, 0.4) is 0 Å². The molecule has 6 aliphatic heterocycles. The molecule has 0 aliphatic carbocycles.